The number of nitrogens with zero attached hydrogens (tertiary/aromatic N) is 1. The van der Waals surface area contributed by atoms with Crippen molar-refractivity contribution in [1.29, 1.82) is 0 Å². The van der Waals surface area contributed by atoms with Gasteiger partial charge in [0.05, 0.1) is 6.20 Å². The Kier molecular flexibility index (Phi) is 2.47. The van der Waals surface area contributed by atoms with Gasteiger partial charge in [0.15, 0.2) is 0 Å². The molecular formula is C10H15N2. The lowest BCUT2D eigenvalue weighted by atomic mass is 10.2. The topological polar surface area (TPSA) is 15.3 Å². The molecule has 0 bridgehead atoms. The predicted octanol–water partition coefficient (Wildman–Crippen LogP) is 0.929. The van der Waals surface area contributed by atoms with Gasteiger partial charge in [0.25, 0.3) is 0 Å². The summed E-state index contributed by atoms with van der Waals surface area (Å²) in [5.74, 6) is 0. The number of dihydropyridines is 1. The molecule has 2 heteroatoms. The van der Waals surface area contributed by atoms with Crippen LogP contribution in [0.25, 0.3) is 0 Å². The highest BCUT2D eigenvalue weighted by atomic mass is 15.1. The van der Waals surface area contributed by atoms with Gasteiger partial charge in [-0.1, -0.05) is 6.08 Å². The minimum Gasteiger partial charge on any atom is -0.380 e. The van der Waals surface area contributed by atoms with Crippen LogP contribution in [0.5, 0.6) is 0 Å². The quantitative estimate of drug-likeness (QED) is 0.651. The van der Waals surface area contributed by atoms with Crippen molar-refractivity contribution >= 4 is 0 Å². The van der Waals surface area contributed by atoms with Crippen molar-refractivity contribution in [3.05, 3.63) is 23.9 Å². The maximum absolute atomic E-state index is 3.04. The summed E-state index contributed by atoms with van der Waals surface area (Å²) in [5, 5.41) is 3.04. The predicted molar refractivity (Wildman–Crippen MR) is 49.6 cm³/mol. The molecule has 2 aliphatic heterocycles. The monoisotopic (exact) mass is 163 g/mol. The highest BCUT2D eigenvalue weighted by Crippen LogP contribution is 2.11. The molecule has 0 aliphatic carbocycles. The maximum atomic E-state index is 3.04. The van der Waals surface area contributed by atoms with Gasteiger partial charge in [-0.2, -0.15) is 0 Å². The normalized spacial score (nSPS) is 23.8. The number of hydrogen-bond donors (Lipinski definition) is 1. The van der Waals surface area contributed by atoms with Crippen LogP contribution in [0.3, 0.4) is 0 Å². The van der Waals surface area contributed by atoms with E-state index >= 15 is 0 Å². The van der Waals surface area contributed by atoms with Gasteiger partial charge in [0.2, 0.25) is 0 Å². The van der Waals surface area contributed by atoms with Crippen molar-refractivity contribution in [2.75, 3.05) is 26.2 Å². The molecule has 0 saturated carbocycles. The van der Waals surface area contributed by atoms with Crippen LogP contribution < -0.4 is 5.32 Å². The van der Waals surface area contributed by atoms with E-state index in [1.807, 2.05) is 0 Å². The van der Waals surface area contributed by atoms with E-state index in [9.17, 15) is 0 Å². The van der Waals surface area contributed by atoms with E-state index < -0.39 is 0 Å². The molecule has 0 aromatic carbocycles. The lowest BCUT2D eigenvalue weighted by molar-refractivity contribution is 0.370. The second-order valence-electron chi connectivity index (χ2n) is 3.43. The van der Waals surface area contributed by atoms with E-state index in [0.29, 0.717) is 0 Å². The third-order valence-electron chi connectivity index (χ3n) is 2.43. The third-order valence-corrected chi connectivity index (χ3v) is 2.43. The second-order valence-corrected chi connectivity index (χ2v) is 3.43. The minimum atomic E-state index is 0.944. The summed E-state index contributed by atoms with van der Waals surface area (Å²) in [6.45, 7) is 4.62. The second kappa shape index (κ2) is 3.76. The number of nitrogens with one attached hydrogen (secondary N) is 1. The standard InChI is InChI=1S/C10H15N2/c1-2-8-12(7-1)9-10-3-5-11-6-4-10/h3-4,11H,1-2,5,7-9H2. The zero-order valence-corrected chi connectivity index (χ0v) is 7.34. The van der Waals surface area contributed by atoms with Crippen molar-refractivity contribution in [3.8, 4) is 0 Å². The Morgan fingerprint density at radius 3 is 2.92 bits per heavy atom. The SMILES string of the molecule is [C]1=CC(CN2CCCC2)=CCN1. The average molecular weight is 163 g/mol. The van der Waals surface area contributed by atoms with Crippen LogP contribution in [0.1, 0.15) is 12.8 Å². The largest absolute Gasteiger partial charge is 0.380 e. The molecule has 2 rings (SSSR count). The van der Waals surface area contributed by atoms with Crippen LogP contribution in [0.15, 0.2) is 17.7 Å². The van der Waals surface area contributed by atoms with Crippen LogP contribution in [0.4, 0.5) is 0 Å². The van der Waals surface area contributed by atoms with Gasteiger partial charge in [0, 0.05) is 13.1 Å². The summed E-state index contributed by atoms with van der Waals surface area (Å²) < 4.78 is 0. The zero-order chi connectivity index (χ0) is 8.23. The molecule has 1 N–H and O–H groups in total. The van der Waals surface area contributed by atoms with E-state index in [1.165, 1.54) is 31.5 Å². The van der Waals surface area contributed by atoms with Crippen LogP contribution in [0, 0.1) is 6.20 Å². The molecule has 1 radical (unpaired) electrons. The Bertz CT molecular complexity index is 200. The summed E-state index contributed by atoms with van der Waals surface area (Å²) in [5.41, 5.74) is 1.41. The van der Waals surface area contributed by atoms with Gasteiger partial charge in [-0.3, -0.25) is 4.90 Å². The van der Waals surface area contributed by atoms with Crippen molar-refractivity contribution in [3.63, 3.8) is 0 Å². The van der Waals surface area contributed by atoms with Gasteiger partial charge >= 0.3 is 0 Å². The summed E-state index contributed by atoms with van der Waals surface area (Å²) in [7, 11) is 0. The highest BCUT2D eigenvalue weighted by Gasteiger charge is 2.12. The molecule has 0 atom stereocenters. The minimum absolute atomic E-state index is 0.944. The molecule has 0 aromatic rings. The molecule has 2 aliphatic rings. The van der Waals surface area contributed by atoms with Gasteiger partial charge in [-0.25, -0.2) is 0 Å². The molecule has 0 aromatic heterocycles. The van der Waals surface area contributed by atoms with E-state index in [0.717, 1.165) is 13.1 Å². The van der Waals surface area contributed by atoms with Crippen LogP contribution in [-0.4, -0.2) is 31.1 Å². The van der Waals surface area contributed by atoms with Crippen molar-refractivity contribution < 1.29 is 0 Å². The third kappa shape index (κ3) is 1.89. The molecule has 1 saturated heterocycles. The molecule has 12 heavy (non-hydrogen) atoms. The van der Waals surface area contributed by atoms with Crippen LogP contribution >= 0.6 is 0 Å². The molecular weight excluding hydrogens is 148 g/mol. The van der Waals surface area contributed by atoms with Crippen LogP contribution in [0.2, 0.25) is 0 Å². The summed E-state index contributed by atoms with van der Waals surface area (Å²) in [6.07, 6.45) is 10.1. The first-order valence-electron chi connectivity index (χ1n) is 4.68. The number of hydrogen-bond acceptors (Lipinski definition) is 2. The summed E-state index contributed by atoms with van der Waals surface area (Å²) in [4.78, 5) is 2.51. The Morgan fingerprint density at radius 2 is 2.25 bits per heavy atom. The first-order chi connectivity index (χ1) is 5.95. The van der Waals surface area contributed by atoms with E-state index in [4.69, 9.17) is 0 Å². The Balaban J connectivity index is 1.85. The zero-order valence-electron chi connectivity index (χ0n) is 7.34. The first kappa shape index (κ1) is 7.87. The lowest BCUT2D eigenvalue weighted by Crippen LogP contribution is -2.23. The molecule has 0 amide bonds. The van der Waals surface area contributed by atoms with Crippen molar-refractivity contribution in [2.24, 2.45) is 0 Å². The average Bonchev–Trinajstić information content (AvgIpc) is 2.59. The van der Waals surface area contributed by atoms with Gasteiger partial charge in [0.1, 0.15) is 0 Å². The fourth-order valence-electron chi connectivity index (χ4n) is 1.75. The summed E-state index contributed by atoms with van der Waals surface area (Å²) in [6, 6.07) is 0. The van der Waals surface area contributed by atoms with Crippen LogP contribution in [-0.2, 0) is 0 Å². The smallest absolute Gasteiger partial charge is 0.0581 e. The molecule has 0 spiro atoms. The molecule has 0 unspecified atom stereocenters. The highest BCUT2D eigenvalue weighted by molar-refractivity contribution is 5.21. The first-order valence-corrected chi connectivity index (χ1v) is 4.68. The summed E-state index contributed by atoms with van der Waals surface area (Å²) >= 11 is 0. The fraction of sp³-hybridized carbons (Fsp3) is 0.600. The lowest BCUT2D eigenvalue weighted by Gasteiger charge is -2.16. The van der Waals surface area contributed by atoms with E-state index in [-0.39, 0.29) is 0 Å². The number of rotatable bonds is 2. The van der Waals surface area contributed by atoms with Gasteiger partial charge < -0.3 is 5.32 Å². The van der Waals surface area contributed by atoms with Gasteiger partial charge in [-0.15, -0.1) is 0 Å². The Labute approximate surface area is 73.9 Å². The fourth-order valence-corrected chi connectivity index (χ4v) is 1.75. The van der Waals surface area contributed by atoms with E-state index in [2.05, 4.69) is 28.6 Å². The van der Waals surface area contributed by atoms with Crippen molar-refractivity contribution in [1.82, 2.24) is 10.2 Å². The molecule has 1 fully saturated rings. The molecule has 2 nitrogen and oxygen atoms in total. The molecule has 65 valence electrons. The Morgan fingerprint density at radius 1 is 1.42 bits per heavy atom. The van der Waals surface area contributed by atoms with E-state index in [1.54, 1.807) is 0 Å². The Hall–Kier alpha value is -0.760. The number of likely N-dealkylation sites (tertiary alicyclic amines) is 1. The maximum Gasteiger partial charge on any atom is 0.0581 e. The van der Waals surface area contributed by atoms with Gasteiger partial charge in [-0.05, 0) is 37.6 Å². The molecule has 2 heterocycles. The van der Waals surface area contributed by atoms with Crippen molar-refractivity contribution in [2.45, 2.75) is 12.8 Å².